The summed E-state index contributed by atoms with van der Waals surface area (Å²) in [5, 5.41) is 0. The third-order valence-corrected chi connectivity index (χ3v) is 4.87. The molecule has 2 aromatic rings. The molecule has 2 atom stereocenters. The predicted molar refractivity (Wildman–Crippen MR) is 83.1 cm³/mol. The lowest BCUT2D eigenvalue weighted by molar-refractivity contribution is 0.267. The molecule has 3 rings (SSSR count). The molecule has 1 aliphatic rings. The topological polar surface area (TPSA) is 43.8 Å². The van der Waals surface area contributed by atoms with Gasteiger partial charge >= 0.3 is 0 Å². The molecule has 19 heavy (non-hydrogen) atoms. The largest absolute Gasteiger partial charge is 0.369 e. The van der Waals surface area contributed by atoms with Crippen molar-refractivity contribution in [2.24, 2.45) is 5.92 Å². The molecule has 0 radical (unpaired) electrons. The van der Waals surface area contributed by atoms with Crippen LogP contribution in [0.25, 0.3) is 11.0 Å². The fraction of sp³-hybridized carbons (Fsp3) is 0.533. The zero-order valence-electron chi connectivity index (χ0n) is 11.3. The fourth-order valence-electron chi connectivity index (χ4n) is 3.34. The number of benzene rings is 1. The number of halogens is 1. The standard InChI is InChI=1S/C15H20BrN3/c1-2-10-4-3-5-12(8-10)19-14-7-6-11(16)9-13(14)18-15(19)17/h6-7,9-10,12H,2-5,8H2,1H3,(H2,17,18). The molecule has 0 spiro atoms. The number of nitrogens with two attached hydrogens (primary N) is 1. The lowest BCUT2D eigenvalue weighted by atomic mass is 9.84. The van der Waals surface area contributed by atoms with Crippen molar-refractivity contribution >= 4 is 32.9 Å². The van der Waals surface area contributed by atoms with Gasteiger partial charge in [-0.3, -0.25) is 0 Å². The van der Waals surface area contributed by atoms with Crippen molar-refractivity contribution in [1.82, 2.24) is 9.55 Å². The summed E-state index contributed by atoms with van der Waals surface area (Å²) in [4.78, 5) is 4.51. The van der Waals surface area contributed by atoms with Gasteiger partial charge in [-0.25, -0.2) is 4.98 Å². The Hall–Kier alpha value is -1.03. The van der Waals surface area contributed by atoms with Crippen molar-refractivity contribution in [3.63, 3.8) is 0 Å². The third-order valence-electron chi connectivity index (χ3n) is 4.38. The van der Waals surface area contributed by atoms with E-state index in [1.807, 2.05) is 6.07 Å². The van der Waals surface area contributed by atoms with Crippen LogP contribution in [0.2, 0.25) is 0 Å². The van der Waals surface area contributed by atoms with Gasteiger partial charge in [-0.1, -0.05) is 42.1 Å². The van der Waals surface area contributed by atoms with Gasteiger partial charge in [-0.2, -0.15) is 0 Å². The summed E-state index contributed by atoms with van der Waals surface area (Å²) in [5.41, 5.74) is 8.32. The summed E-state index contributed by atoms with van der Waals surface area (Å²) >= 11 is 3.49. The quantitative estimate of drug-likeness (QED) is 0.883. The Balaban J connectivity index is 2.02. The van der Waals surface area contributed by atoms with E-state index >= 15 is 0 Å². The number of anilines is 1. The number of nitrogen functional groups attached to an aromatic ring is 1. The van der Waals surface area contributed by atoms with E-state index < -0.39 is 0 Å². The second-order valence-electron chi connectivity index (χ2n) is 5.57. The predicted octanol–water partition coefficient (Wildman–Crippen LogP) is 4.52. The van der Waals surface area contributed by atoms with Gasteiger partial charge in [-0.05, 0) is 37.0 Å². The van der Waals surface area contributed by atoms with Crippen molar-refractivity contribution in [2.45, 2.75) is 45.1 Å². The van der Waals surface area contributed by atoms with Gasteiger partial charge in [0.2, 0.25) is 5.95 Å². The summed E-state index contributed by atoms with van der Waals surface area (Å²) in [6, 6.07) is 6.76. The van der Waals surface area contributed by atoms with Crippen LogP contribution < -0.4 is 5.73 Å². The van der Waals surface area contributed by atoms with E-state index in [4.69, 9.17) is 5.73 Å². The molecule has 0 aliphatic heterocycles. The SMILES string of the molecule is CCC1CCCC(n2c(N)nc3cc(Br)ccc32)C1. The van der Waals surface area contributed by atoms with Gasteiger partial charge < -0.3 is 10.3 Å². The normalized spacial score (nSPS) is 23.9. The molecule has 4 heteroatoms. The Morgan fingerprint density at radius 3 is 3.05 bits per heavy atom. The van der Waals surface area contributed by atoms with Crippen LogP contribution in [0, 0.1) is 5.92 Å². The molecule has 1 saturated carbocycles. The lowest BCUT2D eigenvalue weighted by Crippen LogP contribution is -2.20. The average molecular weight is 322 g/mol. The van der Waals surface area contributed by atoms with Crippen LogP contribution in [0.4, 0.5) is 5.95 Å². The van der Waals surface area contributed by atoms with Crippen LogP contribution in [0.1, 0.15) is 45.1 Å². The van der Waals surface area contributed by atoms with Crippen molar-refractivity contribution < 1.29 is 0 Å². The van der Waals surface area contributed by atoms with Crippen LogP contribution in [-0.4, -0.2) is 9.55 Å². The summed E-state index contributed by atoms with van der Waals surface area (Å²) in [6.45, 7) is 2.29. The van der Waals surface area contributed by atoms with Crippen molar-refractivity contribution in [2.75, 3.05) is 5.73 Å². The summed E-state index contributed by atoms with van der Waals surface area (Å²) in [6.07, 6.45) is 6.41. The third kappa shape index (κ3) is 2.38. The number of hydrogen-bond acceptors (Lipinski definition) is 2. The van der Waals surface area contributed by atoms with Crippen LogP contribution in [0.3, 0.4) is 0 Å². The molecule has 2 unspecified atom stereocenters. The number of aromatic nitrogens is 2. The van der Waals surface area contributed by atoms with Crippen molar-refractivity contribution in [3.8, 4) is 0 Å². The highest BCUT2D eigenvalue weighted by Gasteiger charge is 2.25. The highest BCUT2D eigenvalue weighted by Crippen LogP contribution is 2.37. The Bertz CT molecular complexity index is 590. The number of rotatable bonds is 2. The Morgan fingerprint density at radius 2 is 2.26 bits per heavy atom. The van der Waals surface area contributed by atoms with Gasteiger partial charge in [0.05, 0.1) is 11.0 Å². The molecule has 3 nitrogen and oxygen atoms in total. The van der Waals surface area contributed by atoms with Crippen LogP contribution in [-0.2, 0) is 0 Å². The molecule has 102 valence electrons. The Morgan fingerprint density at radius 1 is 1.42 bits per heavy atom. The average Bonchev–Trinajstić information content (AvgIpc) is 2.73. The number of imidazole rings is 1. The van der Waals surface area contributed by atoms with Gasteiger partial charge in [0, 0.05) is 10.5 Å². The second kappa shape index (κ2) is 5.16. The van der Waals surface area contributed by atoms with E-state index in [-0.39, 0.29) is 0 Å². The number of hydrogen-bond donors (Lipinski definition) is 1. The van der Waals surface area contributed by atoms with Crippen molar-refractivity contribution in [1.29, 1.82) is 0 Å². The summed E-state index contributed by atoms with van der Waals surface area (Å²) < 4.78 is 3.31. The monoisotopic (exact) mass is 321 g/mol. The van der Waals surface area contributed by atoms with Crippen LogP contribution >= 0.6 is 15.9 Å². The molecular formula is C15H20BrN3. The Kier molecular flexibility index (Phi) is 3.52. The van der Waals surface area contributed by atoms with Crippen LogP contribution in [0.15, 0.2) is 22.7 Å². The molecule has 0 saturated heterocycles. The maximum Gasteiger partial charge on any atom is 0.201 e. The van der Waals surface area contributed by atoms with Gasteiger partial charge in [0.1, 0.15) is 0 Å². The zero-order valence-corrected chi connectivity index (χ0v) is 12.9. The maximum absolute atomic E-state index is 6.16. The van der Waals surface area contributed by atoms with E-state index in [0.29, 0.717) is 12.0 Å². The van der Waals surface area contributed by atoms with Gasteiger partial charge in [-0.15, -0.1) is 0 Å². The molecule has 2 N–H and O–H groups in total. The highest BCUT2D eigenvalue weighted by molar-refractivity contribution is 9.10. The number of fused-ring (bicyclic) bond motifs is 1. The zero-order chi connectivity index (χ0) is 13.4. The first kappa shape index (κ1) is 13.0. The minimum Gasteiger partial charge on any atom is -0.369 e. The first-order valence-electron chi connectivity index (χ1n) is 7.12. The molecular weight excluding hydrogens is 302 g/mol. The molecule has 0 bridgehead atoms. The summed E-state index contributed by atoms with van der Waals surface area (Å²) in [5.74, 6) is 1.50. The van der Waals surface area contributed by atoms with E-state index in [1.165, 1.54) is 37.6 Å². The Labute approximate surface area is 122 Å². The molecule has 0 amide bonds. The number of nitrogens with zero attached hydrogens (tertiary/aromatic N) is 2. The first-order chi connectivity index (χ1) is 9.19. The minimum atomic E-state index is 0.518. The smallest absolute Gasteiger partial charge is 0.201 e. The molecule has 1 aliphatic carbocycles. The van der Waals surface area contributed by atoms with Gasteiger partial charge in [0.25, 0.3) is 0 Å². The molecule has 1 aromatic heterocycles. The van der Waals surface area contributed by atoms with E-state index in [2.05, 4.69) is 44.5 Å². The lowest BCUT2D eigenvalue weighted by Gasteiger charge is -2.30. The molecule has 1 aromatic carbocycles. The second-order valence-corrected chi connectivity index (χ2v) is 6.48. The molecule has 1 fully saturated rings. The maximum atomic E-state index is 6.16. The first-order valence-corrected chi connectivity index (χ1v) is 7.91. The summed E-state index contributed by atoms with van der Waals surface area (Å²) in [7, 11) is 0. The fourth-order valence-corrected chi connectivity index (χ4v) is 3.69. The highest BCUT2D eigenvalue weighted by atomic mass is 79.9. The van der Waals surface area contributed by atoms with E-state index in [9.17, 15) is 0 Å². The van der Waals surface area contributed by atoms with E-state index in [0.717, 1.165) is 15.9 Å². The van der Waals surface area contributed by atoms with Gasteiger partial charge in [0.15, 0.2) is 0 Å². The molecule has 1 heterocycles. The van der Waals surface area contributed by atoms with E-state index in [1.54, 1.807) is 0 Å². The minimum absolute atomic E-state index is 0.518. The van der Waals surface area contributed by atoms with Crippen molar-refractivity contribution in [3.05, 3.63) is 22.7 Å². The van der Waals surface area contributed by atoms with Crippen LogP contribution in [0.5, 0.6) is 0 Å².